The van der Waals surface area contributed by atoms with Crippen molar-refractivity contribution in [3.8, 4) is 6.07 Å². The van der Waals surface area contributed by atoms with Gasteiger partial charge in [-0.15, -0.1) is 0 Å². The maximum absolute atomic E-state index is 12.7. The molecule has 1 aliphatic rings. The van der Waals surface area contributed by atoms with E-state index >= 15 is 0 Å². The Morgan fingerprint density at radius 1 is 1.21 bits per heavy atom. The number of carbonyl (C=O) groups excluding carboxylic acids is 1. The first-order chi connectivity index (χ1) is 13.8. The molecule has 0 unspecified atom stereocenters. The first-order valence-electron chi connectivity index (χ1n) is 8.77. The second-order valence-electron chi connectivity index (χ2n) is 6.44. The van der Waals surface area contributed by atoms with Crippen LogP contribution < -0.4 is 10.2 Å². The van der Waals surface area contributed by atoms with Crippen molar-refractivity contribution < 1.29 is 18.0 Å². The summed E-state index contributed by atoms with van der Waals surface area (Å²) in [6, 6.07) is 9.66. The summed E-state index contributed by atoms with van der Waals surface area (Å²) >= 11 is 5.99. The zero-order valence-electron chi connectivity index (χ0n) is 15.2. The number of carbonyl (C=O) groups is 1. The van der Waals surface area contributed by atoms with Gasteiger partial charge in [0.1, 0.15) is 5.82 Å². The highest BCUT2D eigenvalue weighted by atomic mass is 35.5. The minimum atomic E-state index is -4.50. The second kappa shape index (κ2) is 8.57. The average Bonchev–Trinajstić information content (AvgIpc) is 2.72. The number of alkyl halides is 3. The van der Waals surface area contributed by atoms with Crippen molar-refractivity contribution in [3.05, 3.63) is 52.7 Å². The van der Waals surface area contributed by atoms with Crippen molar-refractivity contribution in [1.29, 1.82) is 5.26 Å². The Labute approximate surface area is 170 Å². The van der Waals surface area contributed by atoms with Crippen molar-refractivity contribution in [3.63, 3.8) is 0 Å². The molecule has 1 aromatic heterocycles. The second-order valence-corrected chi connectivity index (χ2v) is 6.84. The van der Waals surface area contributed by atoms with Crippen molar-refractivity contribution >= 4 is 29.0 Å². The molecule has 0 atom stereocenters. The minimum Gasteiger partial charge on any atom is -0.376 e. The normalized spacial score (nSPS) is 14.4. The standard InChI is InChI=1S/C19H17ClF3N5O/c20-16-9-14(19(21,22)23)11-26-18(16)28-7-5-27(6-8-28)17(29)12-25-15-3-1-13(10-24)2-4-15/h1-4,9,11,25H,5-8,12H2. The highest BCUT2D eigenvalue weighted by molar-refractivity contribution is 6.33. The number of pyridine rings is 1. The van der Waals surface area contributed by atoms with Crippen molar-refractivity contribution in [2.45, 2.75) is 6.18 Å². The molecule has 0 aliphatic carbocycles. The number of hydrogen-bond acceptors (Lipinski definition) is 5. The van der Waals surface area contributed by atoms with Gasteiger partial charge in [0.15, 0.2) is 0 Å². The van der Waals surface area contributed by atoms with Crippen LogP contribution in [0, 0.1) is 11.3 Å². The van der Waals surface area contributed by atoms with E-state index in [4.69, 9.17) is 16.9 Å². The van der Waals surface area contributed by atoms with Crippen LogP contribution in [0.25, 0.3) is 0 Å². The third-order valence-corrected chi connectivity index (χ3v) is 4.82. The summed E-state index contributed by atoms with van der Waals surface area (Å²) < 4.78 is 38.2. The lowest BCUT2D eigenvalue weighted by atomic mass is 10.2. The van der Waals surface area contributed by atoms with Gasteiger partial charge < -0.3 is 15.1 Å². The summed E-state index contributed by atoms with van der Waals surface area (Å²) in [5, 5.41) is 11.7. The van der Waals surface area contributed by atoms with Gasteiger partial charge in [-0.25, -0.2) is 4.98 Å². The van der Waals surface area contributed by atoms with E-state index < -0.39 is 11.7 Å². The number of piperazine rings is 1. The van der Waals surface area contributed by atoms with Crippen molar-refractivity contribution in [1.82, 2.24) is 9.88 Å². The molecule has 152 valence electrons. The molecule has 1 aromatic carbocycles. The van der Waals surface area contributed by atoms with Crippen molar-refractivity contribution in [2.75, 3.05) is 42.9 Å². The Morgan fingerprint density at radius 3 is 2.41 bits per heavy atom. The van der Waals surface area contributed by atoms with Gasteiger partial charge >= 0.3 is 6.18 Å². The zero-order valence-corrected chi connectivity index (χ0v) is 16.0. The lowest BCUT2D eigenvalue weighted by Gasteiger charge is -2.36. The third kappa shape index (κ3) is 5.09. The van der Waals surface area contributed by atoms with Gasteiger partial charge in [-0.1, -0.05) is 11.6 Å². The Kier molecular flexibility index (Phi) is 6.13. The van der Waals surface area contributed by atoms with Crippen LogP contribution in [0.2, 0.25) is 5.02 Å². The van der Waals surface area contributed by atoms with E-state index in [2.05, 4.69) is 10.3 Å². The van der Waals surface area contributed by atoms with Crippen molar-refractivity contribution in [2.24, 2.45) is 0 Å². The fourth-order valence-corrected chi connectivity index (χ4v) is 3.22. The molecule has 0 radical (unpaired) electrons. The Hall–Kier alpha value is -2.99. The molecule has 1 amide bonds. The van der Waals surface area contributed by atoms with Gasteiger partial charge in [0, 0.05) is 38.1 Å². The van der Waals surface area contributed by atoms with Crippen LogP contribution in [0.4, 0.5) is 24.7 Å². The molecule has 2 heterocycles. The van der Waals surface area contributed by atoms with Crippen LogP contribution in [0.3, 0.4) is 0 Å². The average molecular weight is 424 g/mol. The van der Waals surface area contributed by atoms with Crippen LogP contribution in [-0.2, 0) is 11.0 Å². The molecule has 29 heavy (non-hydrogen) atoms. The molecule has 3 rings (SSSR count). The number of aromatic nitrogens is 1. The van der Waals surface area contributed by atoms with Crippen LogP contribution in [-0.4, -0.2) is 48.5 Å². The highest BCUT2D eigenvalue weighted by Crippen LogP contribution is 2.33. The number of hydrogen-bond donors (Lipinski definition) is 1. The van der Waals surface area contributed by atoms with E-state index in [1.54, 1.807) is 34.1 Å². The van der Waals surface area contributed by atoms with Gasteiger partial charge in [0.2, 0.25) is 5.91 Å². The van der Waals surface area contributed by atoms with Gasteiger partial charge in [-0.05, 0) is 30.3 Å². The van der Waals surface area contributed by atoms with E-state index in [-0.39, 0.29) is 23.3 Å². The monoisotopic (exact) mass is 423 g/mol. The summed E-state index contributed by atoms with van der Waals surface area (Å²) in [6.07, 6.45) is -3.73. The van der Waals surface area contributed by atoms with E-state index in [9.17, 15) is 18.0 Å². The number of amides is 1. The van der Waals surface area contributed by atoms with Crippen LogP contribution in [0.15, 0.2) is 36.5 Å². The number of halogens is 4. The summed E-state index contributed by atoms with van der Waals surface area (Å²) in [5.41, 5.74) is 0.374. The van der Waals surface area contributed by atoms with Gasteiger partial charge in [0.25, 0.3) is 0 Å². The molecule has 6 nitrogen and oxygen atoms in total. The highest BCUT2D eigenvalue weighted by Gasteiger charge is 2.32. The summed E-state index contributed by atoms with van der Waals surface area (Å²) in [6.45, 7) is 1.76. The maximum Gasteiger partial charge on any atom is 0.417 e. The van der Waals surface area contributed by atoms with Gasteiger partial charge in [-0.3, -0.25) is 4.79 Å². The fourth-order valence-electron chi connectivity index (χ4n) is 2.94. The third-order valence-electron chi connectivity index (χ3n) is 4.54. The summed E-state index contributed by atoms with van der Waals surface area (Å²) in [7, 11) is 0. The minimum absolute atomic E-state index is 0.0675. The van der Waals surface area contributed by atoms with E-state index in [0.29, 0.717) is 31.7 Å². The lowest BCUT2D eigenvalue weighted by molar-refractivity contribution is -0.137. The fraction of sp³-hybridized carbons (Fsp3) is 0.316. The first kappa shape index (κ1) is 20.7. The van der Waals surface area contributed by atoms with Gasteiger partial charge in [0.05, 0.1) is 28.8 Å². The quantitative estimate of drug-likeness (QED) is 0.816. The summed E-state index contributed by atoms with van der Waals surface area (Å²) in [5.74, 6) is 0.183. The smallest absolute Gasteiger partial charge is 0.376 e. The predicted molar refractivity (Wildman–Crippen MR) is 103 cm³/mol. The molecular weight excluding hydrogens is 407 g/mol. The first-order valence-corrected chi connectivity index (χ1v) is 9.15. The molecule has 0 bridgehead atoms. The van der Waals surface area contributed by atoms with Crippen LogP contribution in [0.5, 0.6) is 0 Å². The lowest BCUT2D eigenvalue weighted by Crippen LogP contribution is -2.50. The molecule has 1 aliphatic heterocycles. The van der Waals surface area contributed by atoms with Crippen LogP contribution >= 0.6 is 11.6 Å². The Balaban J connectivity index is 1.53. The predicted octanol–water partition coefficient (Wildman–Crippen LogP) is 3.39. The number of nitrogens with zero attached hydrogens (tertiary/aromatic N) is 4. The molecule has 0 spiro atoms. The largest absolute Gasteiger partial charge is 0.417 e. The topological polar surface area (TPSA) is 72.3 Å². The molecule has 0 saturated carbocycles. The van der Waals surface area contributed by atoms with Crippen LogP contribution in [0.1, 0.15) is 11.1 Å². The molecule has 2 aromatic rings. The molecule has 10 heteroatoms. The number of nitrogens with one attached hydrogen (secondary N) is 1. The Morgan fingerprint density at radius 2 is 1.86 bits per heavy atom. The molecular formula is C19H17ClF3N5O. The molecule has 1 N–H and O–H groups in total. The van der Waals surface area contributed by atoms with E-state index in [1.165, 1.54) is 0 Å². The maximum atomic E-state index is 12.7. The Bertz CT molecular complexity index is 919. The van der Waals surface area contributed by atoms with Gasteiger partial charge in [-0.2, -0.15) is 18.4 Å². The number of rotatable bonds is 4. The van der Waals surface area contributed by atoms with E-state index in [0.717, 1.165) is 18.0 Å². The number of anilines is 2. The molecule has 1 fully saturated rings. The molecule has 1 saturated heterocycles. The number of nitriles is 1. The SMILES string of the molecule is N#Cc1ccc(NCC(=O)N2CCN(c3ncc(C(F)(F)F)cc3Cl)CC2)cc1. The zero-order chi connectivity index (χ0) is 21.0. The van der Waals surface area contributed by atoms with E-state index in [1.807, 2.05) is 6.07 Å². The summed E-state index contributed by atoms with van der Waals surface area (Å²) in [4.78, 5) is 19.7. The number of benzene rings is 1.